The van der Waals surface area contributed by atoms with Gasteiger partial charge in [0.1, 0.15) is 16.7 Å². The minimum atomic E-state index is -4.43. The maximum atomic E-state index is 15.2. The van der Waals surface area contributed by atoms with Gasteiger partial charge in [0.2, 0.25) is 0 Å². The molecule has 0 bridgehead atoms. The minimum absolute atomic E-state index is 0.0177. The average molecular weight is 442 g/mol. The SMILES string of the molecule is CN(Cc1cn(S(=O)(=O)c2cccc(F)c2)c(-c2cccnc2Cl)c1F)C(=O)O. The predicted molar refractivity (Wildman–Crippen MR) is 101 cm³/mol. The number of halogens is 3. The van der Waals surface area contributed by atoms with E-state index in [1.165, 1.54) is 31.4 Å². The average Bonchev–Trinajstić information content (AvgIpc) is 2.99. The van der Waals surface area contributed by atoms with Crippen LogP contribution in [-0.2, 0) is 16.6 Å². The summed E-state index contributed by atoms with van der Waals surface area (Å²) in [4.78, 5) is 15.3. The van der Waals surface area contributed by atoms with E-state index < -0.39 is 44.9 Å². The molecule has 0 aliphatic heterocycles. The Balaban J connectivity index is 2.28. The largest absolute Gasteiger partial charge is 0.465 e. The zero-order chi connectivity index (χ0) is 21.3. The standard InChI is InChI=1S/C18H14ClF2N3O4S/c1-23(18(25)26)9-11-10-24(29(27,28)13-5-2-4-12(20)8-13)16(15(11)21)14-6-3-7-22-17(14)19/h2-8,10H,9H2,1H3,(H,25,26). The number of aromatic nitrogens is 2. The van der Waals surface area contributed by atoms with E-state index in [2.05, 4.69) is 4.98 Å². The lowest BCUT2D eigenvalue weighted by Gasteiger charge is -2.11. The summed E-state index contributed by atoms with van der Waals surface area (Å²) < 4.78 is 55.7. The molecule has 0 spiro atoms. The first-order valence-corrected chi connectivity index (χ1v) is 9.90. The maximum Gasteiger partial charge on any atom is 0.407 e. The van der Waals surface area contributed by atoms with Gasteiger partial charge in [0.15, 0.2) is 5.82 Å². The summed E-state index contributed by atoms with van der Waals surface area (Å²) in [5, 5.41) is 8.89. The molecule has 1 aromatic carbocycles. The molecule has 3 rings (SSSR count). The summed E-state index contributed by atoms with van der Waals surface area (Å²) in [6, 6.07) is 7.05. The van der Waals surface area contributed by atoms with E-state index in [0.717, 1.165) is 29.3 Å². The summed E-state index contributed by atoms with van der Waals surface area (Å²) in [5.41, 5.74) is -0.651. The molecule has 152 valence electrons. The van der Waals surface area contributed by atoms with Crippen molar-refractivity contribution in [3.05, 3.63) is 71.1 Å². The van der Waals surface area contributed by atoms with E-state index in [9.17, 15) is 17.6 Å². The van der Waals surface area contributed by atoms with Gasteiger partial charge in [-0.05, 0) is 30.3 Å². The van der Waals surface area contributed by atoms with Gasteiger partial charge in [-0.2, -0.15) is 0 Å². The molecule has 0 aliphatic carbocycles. The fourth-order valence-corrected chi connectivity index (χ4v) is 4.31. The van der Waals surface area contributed by atoms with Crippen LogP contribution in [0.5, 0.6) is 0 Å². The lowest BCUT2D eigenvalue weighted by atomic mass is 10.2. The molecule has 3 aromatic rings. The number of benzene rings is 1. The van der Waals surface area contributed by atoms with Gasteiger partial charge in [-0.25, -0.2) is 30.9 Å². The number of carbonyl (C=O) groups is 1. The Bertz CT molecular complexity index is 1200. The van der Waals surface area contributed by atoms with Crippen LogP contribution in [-0.4, -0.2) is 40.5 Å². The van der Waals surface area contributed by atoms with Gasteiger partial charge in [-0.15, -0.1) is 0 Å². The summed E-state index contributed by atoms with van der Waals surface area (Å²) >= 11 is 6.04. The van der Waals surface area contributed by atoms with Gasteiger partial charge >= 0.3 is 6.09 Å². The summed E-state index contributed by atoms with van der Waals surface area (Å²) in [5.74, 6) is -1.77. The number of hydrogen-bond donors (Lipinski definition) is 1. The highest BCUT2D eigenvalue weighted by Gasteiger charge is 2.29. The van der Waals surface area contributed by atoms with Crippen LogP contribution in [0, 0.1) is 11.6 Å². The van der Waals surface area contributed by atoms with Gasteiger partial charge in [-0.1, -0.05) is 17.7 Å². The molecule has 0 unspecified atom stereocenters. The highest BCUT2D eigenvalue weighted by molar-refractivity contribution is 7.90. The lowest BCUT2D eigenvalue weighted by Crippen LogP contribution is -2.24. The molecule has 1 N–H and O–H groups in total. The van der Waals surface area contributed by atoms with E-state index in [0.29, 0.717) is 3.97 Å². The van der Waals surface area contributed by atoms with Crippen LogP contribution in [0.2, 0.25) is 5.15 Å². The van der Waals surface area contributed by atoms with Crippen LogP contribution < -0.4 is 0 Å². The van der Waals surface area contributed by atoms with E-state index in [-0.39, 0.29) is 16.3 Å². The summed E-state index contributed by atoms with van der Waals surface area (Å²) in [6.45, 7) is -0.419. The van der Waals surface area contributed by atoms with Gasteiger partial charge in [0.05, 0.1) is 11.4 Å². The molecule has 0 aliphatic rings. The third-order valence-electron chi connectivity index (χ3n) is 4.08. The van der Waals surface area contributed by atoms with Crippen molar-refractivity contribution in [1.29, 1.82) is 0 Å². The molecule has 1 amide bonds. The Hall–Kier alpha value is -2.98. The van der Waals surface area contributed by atoms with Crippen LogP contribution in [0.25, 0.3) is 11.3 Å². The van der Waals surface area contributed by atoms with E-state index >= 15 is 4.39 Å². The topological polar surface area (TPSA) is 92.5 Å². The van der Waals surface area contributed by atoms with Crippen molar-refractivity contribution in [2.75, 3.05) is 7.05 Å². The Morgan fingerprint density at radius 1 is 1.28 bits per heavy atom. The van der Waals surface area contributed by atoms with Crippen molar-refractivity contribution in [1.82, 2.24) is 13.9 Å². The van der Waals surface area contributed by atoms with Gasteiger partial charge in [0.25, 0.3) is 10.0 Å². The quantitative estimate of drug-likeness (QED) is 0.607. The van der Waals surface area contributed by atoms with Gasteiger partial charge in [-0.3, -0.25) is 0 Å². The second kappa shape index (κ2) is 7.80. The molecule has 0 radical (unpaired) electrons. The zero-order valence-corrected chi connectivity index (χ0v) is 16.5. The van der Waals surface area contributed by atoms with E-state index in [1.54, 1.807) is 0 Å². The summed E-state index contributed by atoms with van der Waals surface area (Å²) in [7, 11) is -3.23. The minimum Gasteiger partial charge on any atom is -0.465 e. The van der Waals surface area contributed by atoms with Crippen LogP contribution in [0.3, 0.4) is 0 Å². The predicted octanol–water partition coefficient (Wildman–Crippen LogP) is 3.83. The van der Waals surface area contributed by atoms with Crippen LogP contribution >= 0.6 is 11.6 Å². The van der Waals surface area contributed by atoms with Gasteiger partial charge < -0.3 is 10.0 Å². The van der Waals surface area contributed by atoms with Crippen LogP contribution in [0.1, 0.15) is 5.56 Å². The second-order valence-corrected chi connectivity index (χ2v) is 8.23. The third kappa shape index (κ3) is 3.94. The van der Waals surface area contributed by atoms with Crippen LogP contribution in [0.15, 0.2) is 53.7 Å². The first kappa shape index (κ1) is 20.7. The highest BCUT2D eigenvalue weighted by Crippen LogP contribution is 2.34. The molecule has 7 nitrogen and oxygen atoms in total. The molecule has 2 aromatic heterocycles. The third-order valence-corrected chi connectivity index (χ3v) is 6.04. The molecule has 0 atom stereocenters. The molecule has 11 heteroatoms. The normalized spacial score (nSPS) is 11.4. The first-order chi connectivity index (χ1) is 13.6. The fourth-order valence-electron chi connectivity index (χ4n) is 2.68. The number of rotatable bonds is 5. The summed E-state index contributed by atoms with van der Waals surface area (Å²) in [6.07, 6.45) is 0.969. The van der Waals surface area contributed by atoms with Crippen molar-refractivity contribution in [3.63, 3.8) is 0 Å². The van der Waals surface area contributed by atoms with Crippen molar-refractivity contribution < 1.29 is 27.1 Å². The molecule has 29 heavy (non-hydrogen) atoms. The number of carboxylic acid groups (broad SMARTS) is 1. The number of pyridine rings is 1. The Labute approximate surface area is 169 Å². The molecule has 2 heterocycles. The van der Waals surface area contributed by atoms with Crippen molar-refractivity contribution in [2.24, 2.45) is 0 Å². The Kier molecular flexibility index (Phi) is 5.58. The van der Waals surface area contributed by atoms with Gasteiger partial charge in [0, 0.05) is 30.6 Å². The fraction of sp³-hybridized carbons (Fsp3) is 0.111. The monoisotopic (exact) mass is 441 g/mol. The Morgan fingerprint density at radius 2 is 2.00 bits per heavy atom. The number of nitrogens with zero attached hydrogens (tertiary/aromatic N) is 3. The van der Waals surface area contributed by atoms with Crippen LogP contribution in [0.4, 0.5) is 13.6 Å². The maximum absolute atomic E-state index is 15.2. The smallest absolute Gasteiger partial charge is 0.407 e. The lowest BCUT2D eigenvalue weighted by molar-refractivity contribution is 0.153. The van der Waals surface area contributed by atoms with Crippen molar-refractivity contribution >= 4 is 27.7 Å². The van der Waals surface area contributed by atoms with Crippen molar-refractivity contribution in [3.8, 4) is 11.3 Å². The molecular formula is C18H14ClF2N3O4S. The second-order valence-electron chi connectivity index (χ2n) is 6.06. The molecule has 0 fully saturated rings. The van der Waals surface area contributed by atoms with E-state index in [4.69, 9.17) is 16.7 Å². The Morgan fingerprint density at radius 3 is 2.62 bits per heavy atom. The van der Waals surface area contributed by atoms with E-state index in [1.807, 2.05) is 0 Å². The molecule has 0 saturated heterocycles. The number of amides is 1. The first-order valence-electron chi connectivity index (χ1n) is 8.08. The number of hydrogen-bond acceptors (Lipinski definition) is 4. The molecular weight excluding hydrogens is 428 g/mol. The molecule has 0 saturated carbocycles. The van der Waals surface area contributed by atoms with Crippen molar-refractivity contribution in [2.45, 2.75) is 11.4 Å². The highest BCUT2D eigenvalue weighted by atomic mass is 35.5. The zero-order valence-electron chi connectivity index (χ0n) is 14.9.